The van der Waals surface area contributed by atoms with Gasteiger partial charge in [0, 0.05) is 35.0 Å². The van der Waals surface area contributed by atoms with E-state index in [0.717, 1.165) is 0 Å². The van der Waals surface area contributed by atoms with Gasteiger partial charge in [0.2, 0.25) is 0 Å². The molecule has 36 heavy (non-hydrogen) atoms. The highest BCUT2D eigenvalue weighted by Crippen LogP contribution is 2.38. The summed E-state index contributed by atoms with van der Waals surface area (Å²) < 4.78 is 41.1. The molecule has 1 aromatic carbocycles. The number of nitrogens with two attached hydrogens (primary N) is 2. The van der Waals surface area contributed by atoms with Gasteiger partial charge in [-0.15, -0.1) is 0 Å². The average Bonchev–Trinajstić information content (AvgIpc) is 3.30. The van der Waals surface area contributed by atoms with Crippen LogP contribution in [0.15, 0.2) is 36.8 Å². The van der Waals surface area contributed by atoms with Gasteiger partial charge in [-0.2, -0.15) is 5.10 Å². The number of anilines is 4. The highest BCUT2D eigenvalue weighted by molar-refractivity contribution is 7.90. The van der Waals surface area contributed by atoms with Crippen LogP contribution in [0.3, 0.4) is 0 Å². The van der Waals surface area contributed by atoms with E-state index in [9.17, 15) is 8.42 Å². The lowest BCUT2D eigenvalue weighted by molar-refractivity contribution is -0.122. The lowest BCUT2D eigenvalue weighted by Gasteiger charge is -2.13. The van der Waals surface area contributed by atoms with Crippen LogP contribution < -0.4 is 16.8 Å². The first-order chi connectivity index (χ1) is 17.1. The van der Waals surface area contributed by atoms with Crippen molar-refractivity contribution in [2.45, 2.75) is 31.4 Å². The summed E-state index contributed by atoms with van der Waals surface area (Å²) in [6.45, 7) is 3.38. The highest BCUT2D eigenvalue weighted by Gasteiger charge is 2.37. The van der Waals surface area contributed by atoms with Crippen LogP contribution in [-0.2, 0) is 20.5 Å². The number of halogens is 1. The van der Waals surface area contributed by atoms with E-state index in [1.807, 2.05) is 6.92 Å². The molecule has 13 heteroatoms. The molecule has 4 aromatic rings. The van der Waals surface area contributed by atoms with Crippen LogP contribution in [0, 0.1) is 12.7 Å². The van der Waals surface area contributed by atoms with Crippen LogP contribution >= 0.6 is 0 Å². The quantitative estimate of drug-likeness (QED) is 0.233. The molecule has 0 amide bonds. The fraction of sp³-hybridized carbons (Fsp3) is 0.217. The van der Waals surface area contributed by atoms with E-state index in [0.29, 0.717) is 56.9 Å². The van der Waals surface area contributed by atoms with Crippen LogP contribution in [0.1, 0.15) is 29.9 Å². The molecule has 0 spiro atoms. The van der Waals surface area contributed by atoms with Crippen molar-refractivity contribution in [2.24, 2.45) is 0 Å². The van der Waals surface area contributed by atoms with Gasteiger partial charge < -0.3 is 21.9 Å². The van der Waals surface area contributed by atoms with Crippen LogP contribution in [0.25, 0.3) is 21.9 Å². The molecular weight excluding hydrogens is 489 g/mol. The first-order valence-corrected chi connectivity index (χ1v) is 12.5. The van der Waals surface area contributed by atoms with Gasteiger partial charge in [-0.1, -0.05) is 6.92 Å². The van der Waals surface area contributed by atoms with E-state index < -0.39 is 20.9 Å². The molecule has 1 aliphatic heterocycles. The van der Waals surface area contributed by atoms with E-state index in [2.05, 4.69) is 20.4 Å². The maximum Gasteiger partial charge on any atom is 0.290 e. The van der Waals surface area contributed by atoms with Gasteiger partial charge in [0.15, 0.2) is 21.5 Å². The number of fused-ring (bicyclic) bond motifs is 2. The number of nitrogen functional groups attached to an aromatic ring is 2. The number of aromatic nitrogens is 4. The molecular formula is C23H24FN7O4S. The van der Waals surface area contributed by atoms with Gasteiger partial charge in [-0.25, -0.2) is 17.8 Å². The first-order valence-electron chi connectivity index (χ1n) is 10.8. The molecule has 5 rings (SSSR count). The molecule has 188 valence electrons. The number of sulfone groups is 1. The second-order valence-electron chi connectivity index (χ2n) is 8.22. The molecule has 11 nitrogen and oxygen atoms in total. The van der Waals surface area contributed by atoms with Gasteiger partial charge >= 0.3 is 0 Å². The van der Waals surface area contributed by atoms with Crippen molar-refractivity contribution in [3.05, 3.63) is 53.9 Å². The third-order valence-electron chi connectivity index (χ3n) is 6.05. The number of carboxylic acid groups (broad SMARTS) is 1. The third kappa shape index (κ3) is 4.28. The minimum absolute atomic E-state index is 0.0136. The normalized spacial score (nSPS) is 15.7. The molecule has 0 aliphatic carbocycles. The maximum atomic E-state index is 15.1. The predicted octanol–water partition coefficient (Wildman–Crippen LogP) is 3.39. The number of hydrogen-bond donors (Lipinski definition) is 4. The Hall–Kier alpha value is -4.26. The Morgan fingerprint density at radius 3 is 2.61 bits per heavy atom. The fourth-order valence-corrected chi connectivity index (χ4v) is 6.06. The molecule has 4 heterocycles. The summed E-state index contributed by atoms with van der Waals surface area (Å²) in [5.74, 6) is 0.254. The minimum atomic E-state index is -3.22. The van der Waals surface area contributed by atoms with E-state index in [1.54, 1.807) is 31.3 Å². The standard InChI is InChI=1S/C22H22FN7O2S.CH2O2/c1-3-18-17-6-20(29-30(17)10-33(18,31)32)28-19-5-12-4-13(14-7-26-9-16(24)11(14)2)21(23)22(25)15(12)8-27-19;2-1-3/h4-9,18H,3,10,24-25H2,1-2H3,(H,27,28,29);1H,(H,2,3). The smallest absolute Gasteiger partial charge is 0.290 e. The van der Waals surface area contributed by atoms with Crippen molar-refractivity contribution in [1.29, 1.82) is 0 Å². The van der Waals surface area contributed by atoms with E-state index >= 15 is 4.39 Å². The highest BCUT2D eigenvalue weighted by atomic mass is 32.2. The van der Waals surface area contributed by atoms with Crippen molar-refractivity contribution < 1.29 is 22.7 Å². The molecule has 1 unspecified atom stereocenters. The molecule has 0 saturated heterocycles. The van der Waals surface area contributed by atoms with Crippen molar-refractivity contribution in [2.75, 3.05) is 16.8 Å². The lowest BCUT2D eigenvalue weighted by Crippen LogP contribution is -2.07. The van der Waals surface area contributed by atoms with Gasteiger partial charge in [-0.05, 0) is 36.4 Å². The summed E-state index contributed by atoms with van der Waals surface area (Å²) in [4.78, 5) is 16.8. The third-order valence-corrected chi connectivity index (χ3v) is 8.09. The van der Waals surface area contributed by atoms with Crippen molar-refractivity contribution >= 4 is 50.1 Å². The molecule has 3 aromatic heterocycles. The van der Waals surface area contributed by atoms with E-state index in [4.69, 9.17) is 21.4 Å². The maximum absolute atomic E-state index is 15.1. The Morgan fingerprint density at radius 2 is 1.92 bits per heavy atom. The van der Waals surface area contributed by atoms with Crippen molar-refractivity contribution in [1.82, 2.24) is 19.7 Å². The second-order valence-corrected chi connectivity index (χ2v) is 10.4. The summed E-state index contributed by atoms with van der Waals surface area (Å²) in [6, 6.07) is 5.14. The molecule has 0 saturated carbocycles. The monoisotopic (exact) mass is 513 g/mol. The topological polar surface area (TPSA) is 179 Å². The van der Waals surface area contributed by atoms with Gasteiger partial charge in [0.25, 0.3) is 6.47 Å². The van der Waals surface area contributed by atoms with Crippen LogP contribution in [0.4, 0.5) is 27.4 Å². The number of nitrogens with one attached hydrogen (secondary N) is 1. The number of benzene rings is 1. The number of nitrogens with zero attached hydrogens (tertiary/aromatic N) is 4. The molecule has 0 bridgehead atoms. The molecule has 1 aliphatic rings. The van der Waals surface area contributed by atoms with E-state index in [1.165, 1.54) is 17.1 Å². The van der Waals surface area contributed by atoms with Gasteiger partial charge in [-0.3, -0.25) is 14.5 Å². The first kappa shape index (κ1) is 24.9. The number of carbonyl (C=O) groups is 1. The van der Waals surface area contributed by atoms with Crippen LogP contribution in [0.5, 0.6) is 0 Å². The SMILES string of the molecule is CCC1c2cc(Nc3cc4cc(-c5cncc(N)c5C)c(F)c(N)c4cn3)nn2CS1(=O)=O.O=CO. The summed E-state index contributed by atoms with van der Waals surface area (Å²) in [7, 11) is -3.22. The summed E-state index contributed by atoms with van der Waals surface area (Å²) in [5, 5.41) is 14.9. The Kier molecular flexibility index (Phi) is 6.50. The fourth-order valence-electron chi connectivity index (χ4n) is 4.27. The van der Waals surface area contributed by atoms with Crippen LogP contribution in [0.2, 0.25) is 0 Å². The lowest BCUT2D eigenvalue weighted by atomic mass is 9.97. The van der Waals surface area contributed by atoms with Crippen molar-refractivity contribution in [3.63, 3.8) is 0 Å². The van der Waals surface area contributed by atoms with E-state index in [-0.39, 0.29) is 18.0 Å². The minimum Gasteiger partial charge on any atom is -0.483 e. The van der Waals surface area contributed by atoms with Gasteiger partial charge in [0.05, 0.1) is 23.3 Å². The second kappa shape index (κ2) is 9.41. The zero-order valence-electron chi connectivity index (χ0n) is 19.4. The number of pyridine rings is 2. The Balaban J connectivity index is 0.000000967. The Labute approximate surface area is 205 Å². The summed E-state index contributed by atoms with van der Waals surface area (Å²) >= 11 is 0. The molecule has 1 atom stereocenters. The molecule has 0 radical (unpaired) electrons. The molecule has 0 fully saturated rings. The zero-order chi connectivity index (χ0) is 26.2. The van der Waals surface area contributed by atoms with Crippen LogP contribution in [-0.4, -0.2) is 39.7 Å². The average molecular weight is 514 g/mol. The number of rotatable bonds is 4. The Bertz CT molecular complexity index is 1590. The molecule has 6 N–H and O–H groups in total. The predicted molar refractivity (Wildman–Crippen MR) is 135 cm³/mol. The van der Waals surface area contributed by atoms with Gasteiger partial charge in [0.1, 0.15) is 16.9 Å². The van der Waals surface area contributed by atoms with Crippen molar-refractivity contribution in [3.8, 4) is 11.1 Å². The largest absolute Gasteiger partial charge is 0.483 e. The Morgan fingerprint density at radius 1 is 1.19 bits per heavy atom. The number of hydrogen-bond acceptors (Lipinski definition) is 9. The zero-order valence-corrected chi connectivity index (χ0v) is 20.3. The summed E-state index contributed by atoms with van der Waals surface area (Å²) in [5.41, 5.74) is 14.7. The summed E-state index contributed by atoms with van der Waals surface area (Å²) in [6.07, 6.45) is 5.05.